The molecule has 2 heterocycles. The Morgan fingerprint density at radius 3 is 2.40 bits per heavy atom. The van der Waals surface area contributed by atoms with Gasteiger partial charge in [0.15, 0.2) is 0 Å². The monoisotopic (exact) mass is 409 g/mol. The Bertz CT molecular complexity index is 1040. The van der Waals surface area contributed by atoms with Crippen molar-refractivity contribution in [3.05, 3.63) is 58.0 Å². The van der Waals surface area contributed by atoms with Gasteiger partial charge in [0, 0.05) is 11.6 Å². The van der Waals surface area contributed by atoms with E-state index >= 15 is 0 Å². The molecule has 30 heavy (non-hydrogen) atoms. The lowest BCUT2D eigenvalue weighted by molar-refractivity contribution is -0.141. The number of Topliss-reactive ketones (excluding diaryl/α,β-unsaturated/α-hetero) is 1. The highest BCUT2D eigenvalue weighted by Crippen LogP contribution is 2.44. The van der Waals surface area contributed by atoms with Crippen LogP contribution in [0.5, 0.6) is 5.75 Å². The number of carbonyl (C=O) groups is 2. The third kappa shape index (κ3) is 3.20. The van der Waals surface area contributed by atoms with Crippen molar-refractivity contribution in [3.63, 3.8) is 0 Å². The van der Waals surface area contributed by atoms with Gasteiger partial charge in [-0.15, -0.1) is 0 Å². The third-order valence-corrected chi connectivity index (χ3v) is 6.23. The fourth-order valence-electron chi connectivity index (χ4n) is 4.70. The molecule has 6 heteroatoms. The Hall–Kier alpha value is -3.02. The number of furan rings is 1. The van der Waals surface area contributed by atoms with E-state index in [0.29, 0.717) is 22.8 Å². The van der Waals surface area contributed by atoms with Crippen molar-refractivity contribution in [1.82, 2.24) is 4.90 Å². The smallest absolute Gasteiger partial charge is 0.296 e. The second-order valence-electron chi connectivity index (χ2n) is 8.23. The van der Waals surface area contributed by atoms with Crippen LogP contribution in [0.3, 0.4) is 0 Å². The van der Waals surface area contributed by atoms with E-state index in [2.05, 4.69) is 0 Å². The number of carbonyl (C=O) groups excluding carboxylic acids is 2. The van der Waals surface area contributed by atoms with Gasteiger partial charge in [0.2, 0.25) is 0 Å². The van der Waals surface area contributed by atoms with Crippen molar-refractivity contribution in [2.75, 3.05) is 7.11 Å². The highest BCUT2D eigenvalue weighted by molar-refractivity contribution is 6.46. The van der Waals surface area contributed by atoms with E-state index in [0.717, 1.165) is 36.8 Å². The molecule has 0 radical (unpaired) electrons. The van der Waals surface area contributed by atoms with E-state index in [-0.39, 0.29) is 17.4 Å². The largest absolute Gasteiger partial charge is 0.507 e. The van der Waals surface area contributed by atoms with Crippen LogP contribution in [0.2, 0.25) is 0 Å². The van der Waals surface area contributed by atoms with Gasteiger partial charge < -0.3 is 19.2 Å². The molecule has 2 fully saturated rings. The number of nitrogens with zero attached hydrogens (tertiary/aromatic N) is 1. The minimum atomic E-state index is -0.719. The number of rotatable bonds is 4. The number of likely N-dealkylation sites (tertiary alicyclic amines) is 1. The summed E-state index contributed by atoms with van der Waals surface area (Å²) in [7, 11) is 1.59. The second-order valence-corrected chi connectivity index (χ2v) is 8.23. The van der Waals surface area contributed by atoms with Crippen LogP contribution >= 0.6 is 0 Å². The summed E-state index contributed by atoms with van der Waals surface area (Å²) in [5, 5.41) is 11.3. The maximum absolute atomic E-state index is 13.1. The van der Waals surface area contributed by atoms with Gasteiger partial charge in [0.05, 0.1) is 12.7 Å². The van der Waals surface area contributed by atoms with Crippen molar-refractivity contribution in [1.29, 1.82) is 0 Å². The number of aliphatic hydroxyl groups excluding tert-OH is 1. The van der Waals surface area contributed by atoms with Crippen LogP contribution in [0.15, 0.2) is 34.3 Å². The van der Waals surface area contributed by atoms with Crippen LogP contribution in [0, 0.1) is 20.8 Å². The Kier molecular flexibility index (Phi) is 5.18. The molecule has 6 nitrogen and oxygen atoms in total. The van der Waals surface area contributed by atoms with E-state index in [9.17, 15) is 14.7 Å². The van der Waals surface area contributed by atoms with Gasteiger partial charge in [-0.05, 0) is 69.0 Å². The molecular weight excluding hydrogens is 382 g/mol. The van der Waals surface area contributed by atoms with Crippen LogP contribution in [-0.2, 0) is 9.59 Å². The molecule has 1 saturated heterocycles. The number of benzene rings is 1. The molecule has 1 amide bonds. The first-order valence-corrected chi connectivity index (χ1v) is 10.4. The summed E-state index contributed by atoms with van der Waals surface area (Å²) < 4.78 is 11.2. The van der Waals surface area contributed by atoms with Gasteiger partial charge in [-0.3, -0.25) is 9.59 Å². The van der Waals surface area contributed by atoms with Crippen molar-refractivity contribution in [3.8, 4) is 5.75 Å². The zero-order valence-electron chi connectivity index (χ0n) is 17.8. The second kappa shape index (κ2) is 7.67. The van der Waals surface area contributed by atoms with Gasteiger partial charge in [0.1, 0.15) is 29.1 Å². The average Bonchev–Trinajstić information content (AvgIpc) is 3.44. The summed E-state index contributed by atoms with van der Waals surface area (Å²) in [5.41, 5.74) is 2.20. The number of hydrogen-bond donors (Lipinski definition) is 1. The lowest BCUT2D eigenvalue weighted by Crippen LogP contribution is -2.37. The molecule has 1 aromatic carbocycles. The Labute approximate surface area is 176 Å². The first-order chi connectivity index (χ1) is 14.3. The van der Waals surface area contributed by atoms with Crippen molar-refractivity contribution < 1.29 is 23.8 Å². The minimum Gasteiger partial charge on any atom is -0.507 e. The number of amides is 1. The van der Waals surface area contributed by atoms with Crippen molar-refractivity contribution in [2.45, 2.75) is 58.5 Å². The lowest BCUT2D eigenvalue weighted by atomic mass is 9.95. The molecule has 2 aromatic rings. The minimum absolute atomic E-state index is 0.0270. The van der Waals surface area contributed by atoms with Gasteiger partial charge >= 0.3 is 0 Å². The number of hydrogen-bond acceptors (Lipinski definition) is 5. The Morgan fingerprint density at radius 1 is 1.10 bits per heavy atom. The molecular formula is C24H27NO5. The first-order valence-electron chi connectivity index (χ1n) is 10.4. The summed E-state index contributed by atoms with van der Waals surface area (Å²) in [6.07, 6.45) is 3.75. The van der Waals surface area contributed by atoms with Crippen LogP contribution in [0.1, 0.15) is 59.9 Å². The van der Waals surface area contributed by atoms with E-state index in [1.165, 1.54) is 0 Å². The lowest BCUT2D eigenvalue weighted by Gasteiger charge is -2.29. The molecule has 2 aliphatic rings. The van der Waals surface area contributed by atoms with Crippen molar-refractivity contribution >= 4 is 17.4 Å². The Balaban J connectivity index is 1.90. The van der Waals surface area contributed by atoms with Gasteiger partial charge in [0.25, 0.3) is 11.7 Å². The predicted molar refractivity (Wildman–Crippen MR) is 112 cm³/mol. The topological polar surface area (TPSA) is 80.0 Å². The highest BCUT2D eigenvalue weighted by Gasteiger charge is 2.50. The SMILES string of the molecule is COc1cc(C)c(/C(O)=C2\C(=O)C(=O)N(C3CCCC3)C2c2ccc(C)o2)cc1C. The molecule has 1 unspecified atom stereocenters. The first kappa shape index (κ1) is 20.3. The quantitative estimate of drug-likeness (QED) is 0.454. The summed E-state index contributed by atoms with van der Waals surface area (Å²) >= 11 is 0. The van der Waals surface area contributed by atoms with E-state index < -0.39 is 17.7 Å². The molecule has 1 atom stereocenters. The predicted octanol–water partition coefficient (Wildman–Crippen LogP) is 4.58. The zero-order valence-corrected chi connectivity index (χ0v) is 17.8. The maximum atomic E-state index is 13.1. The van der Waals surface area contributed by atoms with E-state index in [4.69, 9.17) is 9.15 Å². The number of ketones is 1. The maximum Gasteiger partial charge on any atom is 0.296 e. The summed E-state index contributed by atoms with van der Waals surface area (Å²) in [4.78, 5) is 27.8. The molecule has 158 valence electrons. The Morgan fingerprint density at radius 2 is 1.80 bits per heavy atom. The fraction of sp³-hybridized carbons (Fsp3) is 0.417. The van der Waals surface area contributed by atoms with E-state index in [1.807, 2.05) is 32.9 Å². The number of aryl methyl sites for hydroxylation is 3. The highest BCUT2D eigenvalue weighted by atomic mass is 16.5. The van der Waals surface area contributed by atoms with Gasteiger partial charge in [-0.1, -0.05) is 12.8 Å². The molecule has 1 aromatic heterocycles. The van der Waals surface area contributed by atoms with Gasteiger partial charge in [-0.2, -0.15) is 0 Å². The normalized spacial score (nSPS) is 21.6. The molecule has 1 aliphatic carbocycles. The van der Waals surface area contributed by atoms with Crippen molar-refractivity contribution in [2.24, 2.45) is 0 Å². The number of methoxy groups -OCH3 is 1. The standard InChI is InChI=1S/C24H27NO5/c1-13-12-19(29-4)14(2)11-17(13)22(26)20-21(18-10-9-15(3)30-18)25(24(28)23(20)27)16-7-5-6-8-16/h9-12,16,21,26H,5-8H2,1-4H3/b22-20+. The summed E-state index contributed by atoms with van der Waals surface area (Å²) in [5.74, 6) is 0.503. The molecule has 0 bridgehead atoms. The van der Waals surface area contributed by atoms with Crippen LogP contribution in [-0.4, -0.2) is 34.8 Å². The van der Waals surface area contributed by atoms with Gasteiger partial charge in [-0.25, -0.2) is 0 Å². The van der Waals surface area contributed by atoms with E-state index in [1.54, 1.807) is 24.1 Å². The number of aliphatic hydroxyl groups is 1. The van der Waals surface area contributed by atoms with Crippen LogP contribution < -0.4 is 4.74 Å². The summed E-state index contributed by atoms with van der Waals surface area (Å²) in [6, 6.07) is 6.46. The fourth-order valence-corrected chi connectivity index (χ4v) is 4.70. The number of ether oxygens (including phenoxy) is 1. The molecule has 1 aliphatic heterocycles. The molecule has 1 N–H and O–H groups in total. The third-order valence-electron chi connectivity index (χ3n) is 6.23. The van der Waals surface area contributed by atoms with Crippen LogP contribution in [0.25, 0.3) is 5.76 Å². The molecule has 1 saturated carbocycles. The molecule has 4 rings (SSSR count). The molecule has 0 spiro atoms. The zero-order chi connectivity index (χ0) is 21.6. The summed E-state index contributed by atoms with van der Waals surface area (Å²) in [6.45, 7) is 5.54. The average molecular weight is 409 g/mol. The van der Waals surface area contributed by atoms with Crippen LogP contribution in [0.4, 0.5) is 0 Å².